The number of carbonyl (C=O) groups is 1. The van der Waals surface area contributed by atoms with Gasteiger partial charge in [0.2, 0.25) is 5.75 Å². The number of phenols is 1. The fourth-order valence-corrected chi connectivity index (χ4v) is 4.62. The molecule has 3 aromatic carbocycles. The van der Waals surface area contributed by atoms with E-state index in [2.05, 4.69) is 0 Å². The average molecular weight is 453 g/mol. The Kier molecular flexibility index (Phi) is 5.62. The van der Waals surface area contributed by atoms with E-state index in [9.17, 15) is 20.0 Å². The standard InChI is InChI=1S/C22H16N2O5S2/c1-2-29-18-11-13(10-17(20(18)25)24(27)28)12-19-21(26)23(22(30)31-19)16-9-5-7-14-6-3-4-8-15(14)16/h3-12,25H,2H2,1H3/b19-12+. The lowest BCUT2D eigenvalue weighted by molar-refractivity contribution is -0.386. The number of thiocarbonyl (C=S) groups is 1. The van der Waals surface area contributed by atoms with Crippen LogP contribution in [0.25, 0.3) is 16.8 Å². The molecule has 0 radical (unpaired) electrons. The second kappa shape index (κ2) is 8.37. The molecule has 31 heavy (non-hydrogen) atoms. The number of rotatable bonds is 5. The summed E-state index contributed by atoms with van der Waals surface area (Å²) in [5.74, 6) is -0.889. The zero-order chi connectivity index (χ0) is 22.1. The van der Waals surface area contributed by atoms with Gasteiger partial charge in [-0.3, -0.25) is 19.8 Å². The molecule has 0 aliphatic carbocycles. The molecule has 0 unspecified atom stereocenters. The number of nitrogens with zero attached hydrogens (tertiary/aromatic N) is 2. The number of hydrogen-bond acceptors (Lipinski definition) is 7. The summed E-state index contributed by atoms with van der Waals surface area (Å²) in [7, 11) is 0. The minimum Gasteiger partial charge on any atom is -0.500 e. The molecule has 3 aromatic rings. The van der Waals surface area contributed by atoms with Gasteiger partial charge >= 0.3 is 5.69 Å². The van der Waals surface area contributed by atoms with Crippen molar-refractivity contribution >= 4 is 62.4 Å². The van der Waals surface area contributed by atoms with Gasteiger partial charge in [0.15, 0.2) is 10.1 Å². The van der Waals surface area contributed by atoms with Crippen molar-refractivity contribution in [1.29, 1.82) is 0 Å². The highest BCUT2D eigenvalue weighted by atomic mass is 32.2. The van der Waals surface area contributed by atoms with Crippen molar-refractivity contribution in [2.24, 2.45) is 0 Å². The lowest BCUT2D eigenvalue weighted by Gasteiger charge is -2.17. The number of thioether (sulfide) groups is 1. The highest BCUT2D eigenvalue weighted by molar-refractivity contribution is 8.27. The summed E-state index contributed by atoms with van der Waals surface area (Å²) in [4.78, 5) is 25.6. The number of fused-ring (bicyclic) bond motifs is 1. The number of anilines is 1. The monoisotopic (exact) mass is 452 g/mol. The van der Waals surface area contributed by atoms with Crippen molar-refractivity contribution in [3.05, 3.63) is 75.2 Å². The summed E-state index contributed by atoms with van der Waals surface area (Å²) >= 11 is 6.58. The minimum absolute atomic E-state index is 0.0209. The molecule has 1 heterocycles. The van der Waals surface area contributed by atoms with Gasteiger partial charge in [-0.05, 0) is 36.1 Å². The Balaban J connectivity index is 1.76. The molecule has 0 bridgehead atoms. The van der Waals surface area contributed by atoms with Crippen LogP contribution in [0.2, 0.25) is 0 Å². The molecule has 1 fully saturated rings. The SMILES string of the molecule is CCOc1cc(/C=C2/SC(=S)N(c3cccc4ccccc34)C2=O)cc([N+](=O)[O-])c1O. The molecule has 1 saturated heterocycles. The van der Waals surface area contributed by atoms with Crippen LogP contribution >= 0.6 is 24.0 Å². The molecule has 1 aliphatic rings. The average Bonchev–Trinajstić information content (AvgIpc) is 3.02. The number of amides is 1. The van der Waals surface area contributed by atoms with Gasteiger partial charge in [-0.2, -0.15) is 0 Å². The van der Waals surface area contributed by atoms with Gasteiger partial charge in [-0.25, -0.2) is 0 Å². The van der Waals surface area contributed by atoms with E-state index < -0.39 is 16.4 Å². The summed E-state index contributed by atoms with van der Waals surface area (Å²) in [6, 6.07) is 16.0. The van der Waals surface area contributed by atoms with Crippen LogP contribution < -0.4 is 9.64 Å². The molecule has 7 nitrogen and oxygen atoms in total. The predicted octanol–water partition coefficient (Wildman–Crippen LogP) is 5.26. The van der Waals surface area contributed by atoms with Gasteiger partial charge in [0.25, 0.3) is 5.91 Å². The third-order valence-electron chi connectivity index (χ3n) is 4.67. The van der Waals surface area contributed by atoms with E-state index in [4.69, 9.17) is 17.0 Å². The lowest BCUT2D eigenvalue weighted by Crippen LogP contribution is -2.27. The van der Waals surface area contributed by atoms with E-state index in [0.29, 0.717) is 20.5 Å². The Morgan fingerprint density at radius 2 is 1.97 bits per heavy atom. The van der Waals surface area contributed by atoms with E-state index in [-0.39, 0.29) is 18.3 Å². The summed E-state index contributed by atoms with van der Waals surface area (Å²) in [5, 5.41) is 23.3. The highest BCUT2D eigenvalue weighted by Crippen LogP contribution is 2.41. The quantitative estimate of drug-likeness (QED) is 0.244. The minimum atomic E-state index is -0.698. The Morgan fingerprint density at radius 1 is 1.23 bits per heavy atom. The number of benzene rings is 3. The summed E-state index contributed by atoms with van der Waals surface area (Å²) in [6.07, 6.45) is 1.51. The van der Waals surface area contributed by atoms with Crippen LogP contribution in [-0.4, -0.2) is 26.9 Å². The summed E-state index contributed by atoms with van der Waals surface area (Å²) in [5.41, 5.74) is 0.531. The molecule has 0 saturated carbocycles. The number of ether oxygens (including phenoxy) is 1. The van der Waals surface area contributed by atoms with Crippen molar-refractivity contribution in [2.75, 3.05) is 11.5 Å². The fourth-order valence-electron chi connectivity index (χ4n) is 3.33. The maximum Gasteiger partial charge on any atom is 0.315 e. The van der Waals surface area contributed by atoms with Crippen molar-refractivity contribution in [3.63, 3.8) is 0 Å². The van der Waals surface area contributed by atoms with Gasteiger partial charge in [-0.1, -0.05) is 60.4 Å². The van der Waals surface area contributed by atoms with E-state index in [1.165, 1.54) is 23.1 Å². The molecular formula is C22H16N2O5S2. The van der Waals surface area contributed by atoms with Crippen LogP contribution in [0.3, 0.4) is 0 Å². The van der Waals surface area contributed by atoms with Crippen molar-refractivity contribution in [3.8, 4) is 11.5 Å². The molecule has 0 atom stereocenters. The molecule has 1 amide bonds. The summed E-state index contributed by atoms with van der Waals surface area (Å²) < 4.78 is 5.67. The number of hydrogen-bond donors (Lipinski definition) is 1. The van der Waals surface area contributed by atoms with Gasteiger partial charge in [0, 0.05) is 11.5 Å². The second-order valence-corrected chi connectivity index (χ2v) is 8.27. The molecule has 9 heteroatoms. The maximum absolute atomic E-state index is 13.2. The van der Waals surface area contributed by atoms with Crippen LogP contribution in [0, 0.1) is 10.1 Å². The lowest BCUT2D eigenvalue weighted by atomic mass is 10.1. The first-order valence-electron chi connectivity index (χ1n) is 9.30. The number of phenolic OH excluding ortho intramolecular Hbond substituents is 1. The Labute approximate surface area is 187 Å². The Hall–Kier alpha value is -3.43. The maximum atomic E-state index is 13.2. The third-order valence-corrected chi connectivity index (χ3v) is 5.97. The fraction of sp³-hybridized carbons (Fsp3) is 0.0909. The first kappa shape index (κ1) is 20.8. The van der Waals surface area contributed by atoms with Gasteiger partial charge in [-0.15, -0.1) is 0 Å². The zero-order valence-electron chi connectivity index (χ0n) is 16.3. The molecule has 0 aromatic heterocycles. The number of nitro benzene ring substituents is 1. The van der Waals surface area contributed by atoms with E-state index in [1.54, 1.807) is 6.92 Å². The Morgan fingerprint density at radius 3 is 2.71 bits per heavy atom. The predicted molar refractivity (Wildman–Crippen MR) is 126 cm³/mol. The van der Waals surface area contributed by atoms with Crippen molar-refractivity contribution in [1.82, 2.24) is 0 Å². The van der Waals surface area contributed by atoms with Gasteiger partial charge in [0.05, 0.1) is 22.1 Å². The van der Waals surface area contributed by atoms with Crippen LogP contribution in [0.4, 0.5) is 11.4 Å². The van der Waals surface area contributed by atoms with E-state index in [1.807, 2.05) is 42.5 Å². The van der Waals surface area contributed by atoms with Crippen LogP contribution in [0.1, 0.15) is 12.5 Å². The number of carbonyl (C=O) groups excluding carboxylic acids is 1. The number of nitro groups is 1. The highest BCUT2D eigenvalue weighted by Gasteiger charge is 2.34. The van der Waals surface area contributed by atoms with E-state index >= 15 is 0 Å². The molecule has 156 valence electrons. The largest absolute Gasteiger partial charge is 0.500 e. The first-order valence-corrected chi connectivity index (χ1v) is 10.5. The molecule has 0 spiro atoms. The topological polar surface area (TPSA) is 92.9 Å². The van der Waals surface area contributed by atoms with Gasteiger partial charge < -0.3 is 9.84 Å². The van der Waals surface area contributed by atoms with E-state index in [0.717, 1.165) is 22.5 Å². The first-order chi connectivity index (χ1) is 14.9. The number of aromatic hydroxyl groups is 1. The molecule has 1 N–H and O–H groups in total. The summed E-state index contributed by atoms with van der Waals surface area (Å²) in [6.45, 7) is 1.92. The zero-order valence-corrected chi connectivity index (χ0v) is 17.9. The van der Waals surface area contributed by atoms with Crippen LogP contribution in [0.5, 0.6) is 11.5 Å². The van der Waals surface area contributed by atoms with Crippen LogP contribution in [0.15, 0.2) is 59.5 Å². The van der Waals surface area contributed by atoms with Crippen molar-refractivity contribution < 1.29 is 19.6 Å². The van der Waals surface area contributed by atoms with Crippen LogP contribution in [-0.2, 0) is 4.79 Å². The van der Waals surface area contributed by atoms with Crippen molar-refractivity contribution in [2.45, 2.75) is 6.92 Å². The smallest absolute Gasteiger partial charge is 0.315 e. The molecule has 1 aliphatic heterocycles. The Bertz CT molecular complexity index is 1270. The third kappa shape index (κ3) is 3.85. The second-order valence-electron chi connectivity index (χ2n) is 6.59. The van der Waals surface area contributed by atoms with Gasteiger partial charge in [0.1, 0.15) is 0 Å². The molecule has 4 rings (SSSR count). The normalized spacial score (nSPS) is 15.1. The molecular weight excluding hydrogens is 436 g/mol.